The highest BCUT2D eigenvalue weighted by Crippen LogP contribution is 2.39. The van der Waals surface area contributed by atoms with Gasteiger partial charge in [0.2, 0.25) is 0 Å². The van der Waals surface area contributed by atoms with E-state index < -0.39 is 0 Å². The summed E-state index contributed by atoms with van der Waals surface area (Å²) in [6.45, 7) is 11.5. The zero-order chi connectivity index (χ0) is 13.4. The molecule has 18 heavy (non-hydrogen) atoms. The van der Waals surface area contributed by atoms with Gasteiger partial charge in [0.25, 0.3) is 0 Å². The van der Waals surface area contributed by atoms with Gasteiger partial charge in [-0.05, 0) is 34.1 Å². The Bertz CT molecular complexity index is 410. The Labute approximate surface area is 109 Å². The van der Waals surface area contributed by atoms with Crippen molar-refractivity contribution in [1.82, 2.24) is 9.78 Å². The maximum absolute atomic E-state index is 6.04. The largest absolute Gasteiger partial charge is 0.484 e. The Morgan fingerprint density at radius 2 is 2.17 bits per heavy atom. The average Bonchev–Trinajstić information content (AvgIpc) is 2.70. The lowest BCUT2D eigenvalue weighted by molar-refractivity contribution is -0.0846. The van der Waals surface area contributed by atoms with E-state index in [2.05, 4.69) is 39.7 Å². The van der Waals surface area contributed by atoms with E-state index in [1.807, 2.05) is 10.9 Å². The van der Waals surface area contributed by atoms with Crippen LogP contribution in [-0.4, -0.2) is 27.1 Å². The number of rotatable bonds is 4. The molecule has 2 heterocycles. The van der Waals surface area contributed by atoms with E-state index in [-0.39, 0.29) is 17.3 Å². The van der Waals surface area contributed by atoms with Crippen LogP contribution in [0.25, 0.3) is 0 Å². The summed E-state index contributed by atoms with van der Waals surface area (Å²) in [4.78, 5) is 0. The van der Waals surface area contributed by atoms with Gasteiger partial charge in [0.05, 0.1) is 18.0 Å². The lowest BCUT2D eigenvalue weighted by atomic mass is 9.97. The van der Waals surface area contributed by atoms with Crippen LogP contribution in [-0.2, 0) is 11.3 Å². The van der Waals surface area contributed by atoms with Crippen LogP contribution >= 0.6 is 0 Å². The summed E-state index contributed by atoms with van der Waals surface area (Å²) in [5.74, 6) is 0.836. The van der Waals surface area contributed by atoms with Crippen molar-refractivity contribution in [2.75, 3.05) is 0 Å². The number of aryl methyl sites for hydroxylation is 1. The first-order valence-electron chi connectivity index (χ1n) is 6.72. The molecule has 0 aliphatic carbocycles. The zero-order valence-corrected chi connectivity index (χ0v) is 12.1. The van der Waals surface area contributed by atoms with Crippen LogP contribution in [0.15, 0.2) is 12.4 Å². The van der Waals surface area contributed by atoms with Crippen LogP contribution in [0.3, 0.4) is 0 Å². The number of hydrogen-bond donors (Lipinski definition) is 0. The van der Waals surface area contributed by atoms with E-state index in [9.17, 15) is 0 Å². The maximum Gasteiger partial charge on any atom is 0.157 e. The number of aromatic nitrogens is 2. The van der Waals surface area contributed by atoms with Gasteiger partial charge in [0, 0.05) is 13.0 Å². The van der Waals surface area contributed by atoms with Crippen LogP contribution in [0.1, 0.15) is 47.5 Å². The van der Waals surface area contributed by atoms with Crippen molar-refractivity contribution in [3.8, 4) is 5.75 Å². The Kier molecular flexibility index (Phi) is 3.41. The van der Waals surface area contributed by atoms with Crippen LogP contribution in [0, 0.1) is 0 Å². The van der Waals surface area contributed by atoms with Gasteiger partial charge < -0.3 is 9.47 Å². The fourth-order valence-electron chi connectivity index (χ4n) is 2.62. The van der Waals surface area contributed by atoms with Gasteiger partial charge in [-0.25, -0.2) is 0 Å². The quantitative estimate of drug-likeness (QED) is 0.826. The van der Waals surface area contributed by atoms with Crippen molar-refractivity contribution in [2.24, 2.45) is 0 Å². The van der Waals surface area contributed by atoms with Crippen molar-refractivity contribution < 1.29 is 9.47 Å². The zero-order valence-electron chi connectivity index (χ0n) is 12.1. The smallest absolute Gasteiger partial charge is 0.157 e. The monoisotopic (exact) mass is 252 g/mol. The molecule has 1 aromatic rings. The van der Waals surface area contributed by atoms with Gasteiger partial charge in [0.1, 0.15) is 11.7 Å². The predicted octanol–water partition coefficient (Wildman–Crippen LogP) is 3.02. The first-order chi connectivity index (χ1) is 8.32. The van der Waals surface area contributed by atoms with Gasteiger partial charge in [-0.15, -0.1) is 0 Å². The van der Waals surface area contributed by atoms with E-state index in [1.165, 1.54) is 0 Å². The van der Waals surface area contributed by atoms with Crippen molar-refractivity contribution in [3.63, 3.8) is 0 Å². The maximum atomic E-state index is 6.04. The van der Waals surface area contributed by atoms with E-state index in [1.54, 1.807) is 6.20 Å². The molecule has 1 aromatic heterocycles. The molecule has 102 valence electrons. The SMILES string of the molecule is CCCn1cc(OC2CC(C)(C)OC2(C)C)cn1. The molecule has 0 bridgehead atoms. The number of nitrogens with zero attached hydrogens (tertiary/aromatic N) is 2. The molecule has 2 rings (SSSR count). The third-order valence-corrected chi connectivity index (χ3v) is 3.33. The first-order valence-corrected chi connectivity index (χ1v) is 6.72. The molecule has 0 spiro atoms. The second-order valence-electron chi connectivity index (χ2n) is 6.21. The lowest BCUT2D eigenvalue weighted by Crippen LogP contribution is -2.36. The Hall–Kier alpha value is -1.03. The summed E-state index contributed by atoms with van der Waals surface area (Å²) < 4.78 is 14.0. The van der Waals surface area contributed by atoms with E-state index >= 15 is 0 Å². The molecule has 4 heteroatoms. The molecule has 1 fully saturated rings. The second-order valence-corrected chi connectivity index (χ2v) is 6.21. The van der Waals surface area contributed by atoms with Gasteiger partial charge in [-0.2, -0.15) is 5.10 Å². The molecule has 1 unspecified atom stereocenters. The molecule has 4 nitrogen and oxygen atoms in total. The Balaban J connectivity index is 2.04. The minimum atomic E-state index is -0.254. The third-order valence-electron chi connectivity index (χ3n) is 3.33. The summed E-state index contributed by atoms with van der Waals surface area (Å²) in [6.07, 6.45) is 5.80. The van der Waals surface area contributed by atoms with Crippen LogP contribution in [0.2, 0.25) is 0 Å². The molecule has 1 atom stereocenters. The van der Waals surface area contributed by atoms with Crippen molar-refractivity contribution in [3.05, 3.63) is 12.4 Å². The molecule has 0 radical (unpaired) electrons. The van der Waals surface area contributed by atoms with Gasteiger partial charge in [0.15, 0.2) is 5.75 Å². The fraction of sp³-hybridized carbons (Fsp3) is 0.786. The average molecular weight is 252 g/mol. The molecule has 1 aliphatic rings. The highest BCUT2D eigenvalue weighted by molar-refractivity contribution is 5.14. The highest BCUT2D eigenvalue weighted by Gasteiger charge is 2.47. The van der Waals surface area contributed by atoms with Crippen LogP contribution in [0.4, 0.5) is 0 Å². The van der Waals surface area contributed by atoms with Gasteiger partial charge in [-0.1, -0.05) is 6.92 Å². The fourth-order valence-corrected chi connectivity index (χ4v) is 2.62. The van der Waals surface area contributed by atoms with E-state index in [0.717, 1.165) is 25.1 Å². The first kappa shape index (κ1) is 13.4. The minimum Gasteiger partial charge on any atom is -0.484 e. The second kappa shape index (κ2) is 4.57. The van der Waals surface area contributed by atoms with Gasteiger partial charge >= 0.3 is 0 Å². The molecule has 0 saturated carbocycles. The van der Waals surface area contributed by atoms with E-state index in [4.69, 9.17) is 9.47 Å². The predicted molar refractivity (Wildman–Crippen MR) is 70.8 cm³/mol. The Morgan fingerprint density at radius 1 is 1.44 bits per heavy atom. The normalized spacial score (nSPS) is 25.3. The topological polar surface area (TPSA) is 36.3 Å². The van der Waals surface area contributed by atoms with Crippen molar-refractivity contribution >= 4 is 0 Å². The summed E-state index contributed by atoms with van der Waals surface area (Å²) in [5, 5.41) is 4.28. The molecule has 0 N–H and O–H groups in total. The van der Waals surface area contributed by atoms with Crippen LogP contribution in [0.5, 0.6) is 5.75 Å². The molecule has 1 aliphatic heterocycles. The lowest BCUT2D eigenvalue weighted by Gasteiger charge is -2.26. The minimum absolute atomic E-state index is 0.0757. The molecular weight excluding hydrogens is 228 g/mol. The number of hydrogen-bond acceptors (Lipinski definition) is 3. The summed E-state index contributed by atoms with van der Waals surface area (Å²) in [5.41, 5.74) is -0.371. The molecule has 0 aromatic carbocycles. The Morgan fingerprint density at radius 3 is 2.72 bits per heavy atom. The highest BCUT2D eigenvalue weighted by atomic mass is 16.6. The van der Waals surface area contributed by atoms with Crippen molar-refractivity contribution in [2.45, 2.75) is 71.3 Å². The molecule has 1 saturated heterocycles. The summed E-state index contributed by atoms with van der Waals surface area (Å²) in [6, 6.07) is 0. The van der Waals surface area contributed by atoms with E-state index in [0.29, 0.717) is 0 Å². The number of ether oxygens (including phenoxy) is 2. The summed E-state index contributed by atoms with van der Waals surface area (Å²) >= 11 is 0. The summed E-state index contributed by atoms with van der Waals surface area (Å²) in [7, 11) is 0. The van der Waals surface area contributed by atoms with Crippen molar-refractivity contribution in [1.29, 1.82) is 0 Å². The third kappa shape index (κ3) is 2.86. The standard InChI is InChI=1S/C14H24N2O2/c1-6-7-16-10-11(9-15-16)17-12-8-13(2,3)18-14(12,4)5/h9-10,12H,6-8H2,1-5H3. The molecular formula is C14H24N2O2. The van der Waals surface area contributed by atoms with Crippen LogP contribution < -0.4 is 4.74 Å². The molecule has 0 amide bonds. The van der Waals surface area contributed by atoms with Gasteiger partial charge in [-0.3, -0.25) is 4.68 Å².